The number of anilines is 3. The zero-order valence-electron chi connectivity index (χ0n) is 20.2. The number of aromatic nitrogens is 1. The highest BCUT2D eigenvalue weighted by molar-refractivity contribution is 6.00. The number of urea groups is 2. The van der Waals surface area contributed by atoms with E-state index < -0.39 is 0 Å². The average Bonchev–Trinajstić information content (AvgIpc) is 2.89. The van der Waals surface area contributed by atoms with E-state index in [4.69, 9.17) is 4.74 Å². The molecular formula is C27H29N5O4. The second-order valence-corrected chi connectivity index (χ2v) is 8.38. The van der Waals surface area contributed by atoms with Crippen LogP contribution in [0.1, 0.15) is 23.1 Å². The number of carbonyl (C=O) groups is 2. The summed E-state index contributed by atoms with van der Waals surface area (Å²) in [6, 6.07) is 16.0. The van der Waals surface area contributed by atoms with Crippen molar-refractivity contribution in [2.24, 2.45) is 0 Å². The predicted molar refractivity (Wildman–Crippen MR) is 140 cm³/mol. The second-order valence-electron chi connectivity index (χ2n) is 8.38. The molecule has 0 unspecified atom stereocenters. The average molecular weight is 488 g/mol. The quantitative estimate of drug-likeness (QED) is 0.396. The maximum Gasteiger partial charge on any atom is 0.323 e. The molecule has 0 radical (unpaired) electrons. The van der Waals surface area contributed by atoms with Crippen LogP contribution < -0.4 is 20.7 Å². The summed E-state index contributed by atoms with van der Waals surface area (Å²) >= 11 is 0. The van der Waals surface area contributed by atoms with Crippen molar-refractivity contribution in [2.45, 2.75) is 20.0 Å². The van der Waals surface area contributed by atoms with Crippen molar-refractivity contribution in [3.8, 4) is 5.75 Å². The molecule has 0 spiro atoms. The topological polar surface area (TPSA) is 116 Å². The second kappa shape index (κ2) is 11.4. The number of pyridine rings is 1. The molecule has 0 saturated heterocycles. The molecule has 186 valence electrons. The van der Waals surface area contributed by atoms with Gasteiger partial charge in [0, 0.05) is 30.5 Å². The third kappa shape index (κ3) is 6.00. The normalized spacial score (nSPS) is 13.0. The summed E-state index contributed by atoms with van der Waals surface area (Å²) < 4.78 is 5.31. The first-order chi connectivity index (χ1) is 17.5. The lowest BCUT2D eigenvalue weighted by Gasteiger charge is -2.27. The first kappa shape index (κ1) is 24.7. The van der Waals surface area contributed by atoms with Crippen LogP contribution in [0, 0.1) is 6.92 Å². The molecular weight excluding hydrogens is 458 g/mol. The molecule has 9 heteroatoms. The smallest absolute Gasteiger partial charge is 0.323 e. The van der Waals surface area contributed by atoms with E-state index in [1.807, 2.05) is 55.5 Å². The van der Waals surface area contributed by atoms with Crippen LogP contribution in [0.3, 0.4) is 0 Å². The van der Waals surface area contributed by atoms with Crippen LogP contribution in [0.25, 0.3) is 5.57 Å². The molecule has 0 atom stereocenters. The maximum absolute atomic E-state index is 12.6. The zero-order valence-corrected chi connectivity index (χ0v) is 20.2. The van der Waals surface area contributed by atoms with E-state index in [1.165, 1.54) is 0 Å². The number of hydrogen-bond acceptors (Lipinski definition) is 5. The molecule has 1 aromatic heterocycles. The van der Waals surface area contributed by atoms with Crippen molar-refractivity contribution in [1.82, 2.24) is 9.88 Å². The van der Waals surface area contributed by atoms with Crippen LogP contribution in [-0.4, -0.2) is 47.3 Å². The van der Waals surface area contributed by atoms with E-state index >= 15 is 0 Å². The Morgan fingerprint density at radius 3 is 2.58 bits per heavy atom. The third-order valence-electron chi connectivity index (χ3n) is 5.90. The summed E-state index contributed by atoms with van der Waals surface area (Å²) in [5.41, 5.74) is 5.01. The molecule has 4 N–H and O–H groups in total. The third-order valence-corrected chi connectivity index (χ3v) is 5.90. The number of benzene rings is 2. The lowest BCUT2D eigenvalue weighted by molar-refractivity contribution is 0.216. The van der Waals surface area contributed by atoms with Gasteiger partial charge in [-0.2, -0.15) is 0 Å². The van der Waals surface area contributed by atoms with E-state index in [2.05, 4.69) is 20.9 Å². The van der Waals surface area contributed by atoms with Crippen LogP contribution >= 0.6 is 0 Å². The van der Waals surface area contributed by atoms with Crippen molar-refractivity contribution in [1.29, 1.82) is 0 Å². The van der Waals surface area contributed by atoms with E-state index in [-0.39, 0.29) is 18.7 Å². The number of nitrogens with one attached hydrogen (secondary N) is 3. The minimum Gasteiger partial charge on any atom is -0.495 e. The molecule has 2 heterocycles. The Kier molecular flexibility index (Phi) is 7.82. The Morgan fingerprint density at radius 1 is 1.08 bits per heavy atom. The van der Waals surface area contributed by atoms with Crippen LogP contribution in [-0.2, 0) is 6.61 Å². The van der Waals surface area contributed by atoms with Gasteiger partial charge in [0.1, 0.15) is 11.6 Å². The number of aliphatic hydroxyl groups is 1. The van der Waals surface area contributed by atoms with Crippen molar-refractivity contribution in [2.75, 3.05) is 36.1 Å². The van der Waals surface area contributed by atoms with Crippen molar-refractivity contribution in [3.05, 3.63) is 83.6 Å². The van der Waals surface area contributed by atoms with Crippen LogP contribution in [0.5, 0.6) is 5.75 Å². The zero-order chi connectivity index (χ0) is 25.5. The molecule has 1 aliphatic rings. The van der Waals surface area contributed by atoms with E-state index in [0.29, 0.717) is 48.0 Å². The molecule has 0 bridgehead atoms. The summed E-state index contributed by atoms with van der Waals surface area (Å²) in [4.78, 5) is 30.9. The highest BCUT2D eigenvalue weighted by Gasteiger charge is 2.19. The van der Waals surface area contributed by atoms with Gasteiger partial charge in [0.15, 0.2) is 0 Å². The fourth-order valence-corrected chi connectivity index (χ4v) is 3.95. The monoisotopic (exact) mass is 487 g/mol. The van der Waals surface area contributed by atoms with Crippen molar-refractivity contribution in [3.63, 3.8) is 0 Å². The summed E-state index contributed by atoms with van der Waals surface area (Å²) in [5.74, 6) is 0.958. The van der Waals surface area contributed by atoms with Gasteiger partial charge in [0.2, 0.25) is 0 Å². The number of hydrogen-bond donors (Lipinski definition) is 4. The van der Waals surface area contributed by atoms with Gasteiger partial charge in [0.25, 0.3) is 0 Å². The number of methoxy groups -OCH3 is 1. The van der Waals surface area contributed by atoms with E-state index in [1.54, 1.807) is 30.3 Å². The number of nitrogens with zero attached hydrogens (tertiary/aromatic N) is 2. The van der Waals surface area contributed by atoms with E-state index in [0.717, 1.165) is 16.7 Å². The lowest BCUT2D eigenvalue weighted by atomic mass is 9.99. The fourth-order valence-electron chi connectivity index (χ4n) is 3.95. The molecule has 9 nitrogen and oxygen atoms in total. The van der Waals surface area contributed by atoms with Crippen LogP contribution in [0.2, 0.25) is 0 Å². The number of amides is 4. The van der Waals surface area contributed by atoms with Crippen molar-refractivity contribution >= 4 is 34.8 Å². The molecule has 4 rings (SSSR count). The van der Waals surface area contributed by atoms with Gasteiger partial charge in [-0.1, -0.05) is 30.3 Å². The first-order valence-corrected chi connectivity index (χ1v) is 11.6. The Balaban J connectivity index is 1.33. The predicted octanol–water partition coefficient (Wildman–Crippen LogP) is 4.86. The molecule has 1 aliphatic heterocycles. The summed E-state index contributed by atoms with van der Waals surface area (Å²) in [6.45, 7) is 2.77. The molecule has 3 aromatic rings. The minimum absolute atomic E-state index is 0.194. The molecule has 4 amide bonds. The van der Waals surface area contributed by atoms with E-state index in [9.17, 15) is 14.7 Å². The first-order valence-electron chi connectivity index (χ1n) is 11.6. The Morgan fingerprint density at radius 2 is 1.89 bits per heavy atom. The lowest BCUT2D eigenvalue weighted by Crippen LogP contribution is -2.38. The number of ether oxygens (including phenoxy) is 1. The number of aryl methyl sites for hydroxylation is 1. The fraction of sp³-hybridized carbons (Fsp3) is 0.222. The van der Waals surface area contributed by atoms with Gasteiger partial charge in [-0.05, 0) is 60.4 Å². The minimum atomic E-state index is -0.359. The van der Waals surface area contributed by atoms with Gasteiger partial charge >= 0.3 is 12.1 Å². The highest BCUT2D eigenvalue weighted by atomic mass is 16.5. The standard InChI is InChI=1S/C27H29N5O4/c1-18-5-10-24(36-2)23(16-18)30-26(34)29-22-8-6-19(7-9-22)20-11-14-32(15-12-20)27(35)31-25-21(17-33)4-3-13-28-25/h3-11,13,16,33H,12,14-15,17H2,1-2H3,(H,28,31,35)(H2,29,30,34). The van der Waals surface area contributed by atoms with Gasteiger partial charge in [-0.3, -0.25) is 5.32 Å². The largest absolute Gasteiger partial charge is 0.495 e. The summed E-state index contributed by atoms with van der Waals surface area (Å²) in [7, 11) is 1.56. The van der Waals surface area contributed by atoms with Gasteiger partial charge in [-0.25, -0.2) is 14.6 Å². The number of aliphatic hydroxyl groups excluding tert-OH is 1. The molecule has 2 aromatic carbocycles. The Bertz CT molecular complexity index is 1270. The maximum atomic E-state index is 12.6. The SMILES string of the molecule is COc1ccc(C)cc1NC(=O)Nc1ccc(C2=CCN(C(=O)Nc3ncccc3CO)CC2)cc1. The highest BCUT2D eigenvalue weighted by Crippen LogP contribution is 2.27. The molecule has 0 aliphatic carbocycles. The summed E-state index contributed by atoms with van der Waals surface area (Å²) in [5, 5.41) is 17.8. The summed E-state index contributed by atoms with van der Waals surface area (Å²) in [6.07, 6.45) is 4.29. The number of carbonyl (C=O) groups excluding carboxylic acids is 2. The number of rotatable bonds is 6. The molecule has 0 saturated carbocycles. The van der Waals surface area contributed by atoms with Crippen molar-refractivity contribution < 1.29 is 19.4 Å². The molecule has 0 fully saturated rings. The Labute approximate surface area is 209 Å². The van der Waals surface area contributed by atoms with Gasteiger partial charge in [0.05, 0.1) is 19.4 Å². The Hall–Kier alpha value is -4.37. The molecule has 36 heavy (non-hydrogen) atoms. The van der Waals surface area contributed by atoms with Gasteiger partial charge in [-0.15, -0.1) is 0 Å². The van der Waals surface area contributed by atoms with Gasteiger partial charge < -0.3 is 25.4 Å². The van der Waals surface area contributed by atoms with Crippen LogP contribution in [0.4, 0.5) is 26.8 Å². The van der Waals surface area contributed by atoms with Crippen LogP contribution in [0.15, 0.2) is 66.9 Å².